The lowest BCUT2D eigenvalue weighted by atomic mass is 10.5. The lowest BCUT2D eigenvalue weighted by molar-refractivity contribution is -0.742. The van der Waals surface area contributed by atoms with Crippen LogP contribution in [0, 0.1) is 10.1 Å². The van der Waals surface area contributed by atoms with Crippen LogP contribution in [0.4, 0.5) is 0 Å². The molecule has 0 aromatic heterocycles. The van der Waals surface area contributed by atoms with Gasteiger partial charge in [-0.1, -0.05) is 0 Å². The van der Waals surface area contributed by atoms with Gasteiger partial charge >= 0.3 is 0 Å². The largest absolute Gasteiger partial charge is 0.359 e. The Morgan fingerprint density at radius 3 is 2.23 bits per heavy atom. The Bertz CT molecular complexity index is 191. The van der Waals surface area contributed by atoms with E-state index < -0.39 is 5.09 Å². The second kappa shape index (κ2) is 5.23. The van der Waals surface area contributed by atoms with Crippen LogP contribution < -0.4 is 0 Å². The molecule has 0 aromatic carbocycles. The van der Waals surface area contributed by atoms with Crippen LogP contribution in [0.15, 0.2) is 12.4 Å². The minimum atomic E-state index is -1.50. The van der Waals surface area contributed by atoms with Crippen LogP contribution in [0.3, 0.4) is 0 Å². The van der Waals surface area contributed by atoms with E-state index in [1.807, 2.05) is 0 Å². The summed E-state index contributed by atoms with van der Waals surface area (Å²) in [5.74, 6) is 0. The summed E-state index contributed by atoms with van der Waals surface area (Å²) in [7, 11) is 2.09. The monoisotopic (exact) mass is 189 g/mol. The molecule has 6 heteroatoms. The standard InChI is InChI=1S/C7H14N2.HNO3/c1-4-9-6-5-8(3)7(9)2;2-1(3)4/h5-7H,4H2,1-3H3;(H,2,3,4). The van der Waals surface area contributed by atoms with Crippen LogP contribution in [-0.2, 0) is 0 Å². The summed E-state index contributed by atoms with van der Waals surface area (Å²) < 4.78 is 0. The minimum Gasteiger partial charge on any atom is -0.359 e. The molecule has 0 bridgehead atoms. The summed E-state index contributed by atoms with van der Waals surface area (Å²) in [4.78, 5) is 12.9. The van der Waals surface area contributed by atoms with Gasteiger partial charge in [-0.25, -0.2) is 0 Å². The van der Waals surface area contributed by atoms with Crippen molar-refractivity contribution in [1.29, 1.82) is 0 Å². The van der Waals surface area contributed by atoms with Crippen molar-refractivity contribution in [1.82, 2.24) is 9.80 Å². The van der Waals surface area contributed by atoms with E-state index in [-0.39, 0.29) is 0 Å². The third kappa shape index (κ3) is 4.19. The number of hydrogen-bond donors (Lipinski definition) is 1. The highest BCUT2D eigenvalue weighted by molar-refractivity contribution is 4.92. The van der Waals surface area contributed by atoms with Crippen molar-refractivity contribution in [2.45, 2.75) is 20.0 Å². The number of nitrogens with zero attached hydrogens (tertiary/aromatic N) is 3. The molecule has 1 rings (SSSR count). The Balaban J connectivity index is 0.000000310. The van der Waals surface area contributed by atoms with Crippen LogP contribution in [0.25, 0.3) is 0 Å². The van der Waals surface area contributed by atoms with Crippen LogP contribution in [0.1, 0.15) is 13.8 Å². The van der Waals surface area contributed by atoms with Gasteiger partial charge in [-0.05, 0) is 13.8 Å². The Kier molecular flexibility index (Phi) is 4.64. The van der Waals surface area contributed by atoms with Crippen molar-refractivity contribution >= 4 is 0 Å². The van der Waals surface area contributed by atoms with Crippen molar-refractivity contribution in [3.05, 3.63) is 22.5 Å². The van der Waals surface area contributed by atoms with Crippen molar-refractivity contribution < 1.29 is 10.3 Å². The van der Waals surface area contributed by atoms with Crippen LogP contribution in [-0.4, -0.2) is 39.9 Å². The molecule has 13 heavy (non-hydrogen) atoms. The van der Waals surface area contributed by atoms with Gasteiger partial charge in [0.1, 0.15) is 0 Å². The fourth-order valence-electron chi connectivity index (χ4n) is 1.04. The van der Waals surface area contributed by atoms with Crippen molar-refractivity contribution in [3.63, 3.8) is 0 Å². The summed E-state index contributed by atoms with van der Waals surface area (Å²) in [5.41, 5.74) is 0. The van der Waals surface area contributed by atoms with Crippen LogP contribution in [0.5, 0.6) is 0 Å². The Labute approximate surface area is 77.2 Å². The van der Waals surface area contributed by atoms with Crippen molar-refractivity contribution in [2.75, 3.05) is 13.6 Å². The minimum absolute atomic E-state index is 0.551. The van der Waals surface area contributed by atoms with Crippen molar-refractivity contribution in [3.8, 4) is 0 Å². The zero-order valence-electron chi connectivity index (χ0n) is 8.04. The predicted octanol–water partition coefficient (Wildman–Crippen LogP) is 0.723. The van der Waals surface area contributed by atoms with Gasteiger partial charge in [0.2, 0.25) is 0 Å². The van der Waals surface area contributed by atoms with E-state index in [1.165, 1.54) is 0 Å². The normalized spacial score (nSPS) is 19.8. The molecule has 0 radical (unpaired) electrons. The van der Waals surface area contributed by atoms with Crippen LogP contribution in [0.2, 0.25) is 0 Å². The first-order valence-corrected chi connectivity index (χ1v) is 3.98. The highest BCUT2D eigenvalue weighted by Gasteiger charge is 2.15. The molecule has 1 aliphatic rings. The molecule has 0 amide bonds. The molecule has 0 aromatic rings. The summed E-state index contributed by atoms with van der Waals surface area (Å²) >= 11 is 0. The maximum Gasteiger partial charge on any atom is 0.291 e. The average molecular weight is 189 g/mol. The van der Waals surface area contributed by atoms with E-state index in [0.29, 0.717) is 6.17 Å². The fraction of sp³-hybridized carbons (Fsp3) is 0.714. The van der Waals surface area contributed by atoms with Crippen molar-refractivity contribution in [2.24, 2.45) is 0 Å². The van der Waals surface area contributed by atoms with E-state index in [1.54, 1.807) is 0 Å². The van der Waals surface area contributed by atoms with Gasteiger partial charge < -0.3 is 15.0 Å². The lowest BCUT2D eigenvalue weighted by Gasteiger charge is -2.25. The zero-order chi connectivity index (χ0) is 10.4. The van der Waals surface area contributed by atoms with Gasteiger partial charge in [-0.2, -0.15) is 0 Å². The third-order valence-corrected chi connectivity index (χ3v) is 1.93. The summed E-state index contributed by atoms with van der Waals surface area (Å²) in [6, 6.07) is 0. The Hall–Kier alpha value is -1.46. The first kappa shape index (κ1) is 11.5. The average Bonchev–Trinajstić information content (AvgIpc) is 2.32. The van der Waals surface area contributed by atoms with Gasteiger partial charge in [0.15, 0.2) is 0 Å². The third-order valence-electron chi connectivity index (χ3n) is 1.93. The Morgan fingerprint density at radius 2 is 2.08 bits per heavy atom. The van der Waals surface area contributed by atoms with Gasteiger partial charge in [0.25, 0.3) is 5.09 Å². The highest BCUT2D eigenvalue weighted by atomic mass is 16.9. The van der Waals surface area contributed by atoms with E-state index in [9.17, 15) is 0 Å². The van der Waals surface area contributed by atoms with E-state index in [4.69, 9.17) is 15.3 Å². The quantitative estimate of drug-likeness (QED) is 0.486. The number of rotatable bonds is 1. The zero-order valence-corrected chi connectivity index (χ0v) is 8.04. The molecule has 0 saturated heterocycles. The predicted molar refractivity (Wildman–Crippen MR) is 47.5 cm³/mol. The van der Waals surface area contributed by atoms with E-state index in [0.717, 1.165) is 6.54 Å². The van der Waals surface area contributed by atoms with Gasteiger partial charge in [-0.3, -0.25) is 0 Å². The maximum atomic E-state index is 8.36. The van der Waals surface area contributed by atoms with E-state index in [2.05, 4.69) is 43.1 Å². The molecule has 1 N–H and O–H groups in total. The number of hydrogen-bond acceptors (Lipinski definition) is 4. The van der Waals surface area contributed by atoms with E-state index >= 15 is 0 Å². The second-order valence-electron chi connectivity index (χ2n) is 2.66. The molecule has 0 spiro atoms. The molecular weight excluding hydrogens is 174 g/mol. The molecule has 0 aliphatic carbocycles. The molecular formula is C7H15N3O3. The molecule has 76 valence electrons. The summed E-state index contributed by atoms with van der Waals surface area (Å²) in [6.07, 6.45) is 4.79. The molecule has 1 unspecified atom stereocenters. The highest BCUT2D eigenvalue weighted by Crippen LogP contribution is 2.11. The van der Waals surface area contributed by atoms with Gasteiger partial charge in [-0.15, -0.1) is 10.1 Å². The lowest BCUT2D eigenvalue weighted by Crippen LogP contribution is -2.33. The van der Waals surface area contributed by atoms with Gasteiger partial charge in [0.05, 0.1) is 6.17 Å². The summed E-state index contributed by atoms with van der Waals surface area (Å²) in [5, 5.41) is 13.6. The molecule has 1 aliphatic heterocycles. The smallest absolute Gasteiger partial charge is 0.291 e. The maximum absolute atomic E-state index is 8.36. The van der Waals surface area contributed by atoms with Gasteiger partial charge in [0, 0.05) is 26.0 Å². The molecule has 1 heterocycles. The first-order valence-electron chi connectivity index (χ1n) is 3.98. The topological polar surface area (TPSA) is 69.9 Å². The second-order valence-corrected chi connectivity index (χ2v) is 2.66. The fourth-order valence-corrected chi connectivity index (χ4v) is 1.04. The SMILES string of the molecule is CCN1C=CN(C)C1C.O=[N+]([O-])O. The molecule has 1 atom stereocenters. The molecule has 0 fully saturated rings. The Morgan fingerprint density at radius 1 is 1.62 bits per heavy atom. The summed E-state index contributed by atoms with van der Waals surface area (Å²) in [6.45, 7) is 5.46. The molecule has 0 saturated carbocycles. The molecule has 6 nitrogen and oxygen atoms in total. The van der Waals surface area contributed by atoms with Crippen LogP contribution >= 0.6 is 0 Å². The first-order chi connectivity index (χ1) is 5.99.